The van der Waals surface area contributed by atoms with E-state index in [9.17, 15) is 19.2 Å². The van der Waals surface area contributed by atoms with Crippen LogP contribution in [0.3, 0.4) is 0 Å². The molecule has 0 bridgehead atoms. The van der Waals surface area contributed by atoms with Gasteiger partial charge in [0.2, 0.25) is 11.8 Å². The number of carbonyl (C=O) groups is 4. The first-order chi connectivity index (χ1) is 19.5. The Hall–Kier alpha value is -3.69. The minimum absolute atomic E-state index is 0.0483. The maximum Gasteiger partial charge on any atom is 0.243 e. The summed E-state index contributed by atoms with van der Waals surface area (Å²) < 4.78 is 5.39. The summed E-state index contributed by atoms with van der Waals surface area (Å²) in [6, 6.07) is 17.1. The highest BCUT2D eigenvalue weighted by Gasteiger charge is 2.50. The molecule has 0 unspecified atom stereocenters. The topological polar surface area (TPSA) is 118 Å². The first kappa shape index (κ1) is 30.3. The first-order valence-corrected chi connectivity index (χ1v) is 14.7. The van der Waals surface area contributed by atoms with E-state index >= 15 is 0 Å². The molecule has 1 aliphatic rings. The van der Waals surface area contributed by atoms with Gasteiger partial charge in [-0.1, -0.05) is 67.6 Å². The summed E-state index contributed by atoms with van der Waals surface area (Å²) in [6.07, 6.45) is 0.815. The number of hydrogen-bond donors (Lipinski definition) is 2. The van der Waals surface area contributed by atoms with Crippen LogP contribution in [0.4, 0.5) is 0 Å². The fourth-order valence-electron chi connectivity index (χ4n) is 4.75. The minimum atomic E-state index is -0.937. The van der Waals surface area contributed by atoms with E-state index in [4.69, 9.17) is 4.74 Å². The number of aryl methyl sites for hydroxylation is 2. The van der Waals surface area contributed by atoms with Crippen LogP contribution >= 0.6 is 11.3 Å². The molecule has 1 saturated heterocycles. The number of benzene rings is 2. The molecule has 2 aromatic carbocycles. The maximum absolute atomic E-state index is 13.7. The second-order valence-corrected chi connectivity index (χ2v) is 12.2. The van der Waals surface area contributed by atoms with Crippen molar-refractivity contribution in [2.24, 2.45) is 5.92 Å². The number of nitrogens with zero attached hydrogens (tertiary/aromatic N) is 1. The molecular formula is C32H37N3O5S. The number of hydrogen-bond acceptors (Lipinski definition) is 7. The minimum Gasteiger partial charge on any atom is -0.361 e. The van der Waals surface area contributed by atoms with Gasteiger partial charge in [0.15, 0.2) is 5.78 Å². The van der Waals surface area contributed by atoms with Crippen molar-refractivity contribution < 1.29 is 23.9 Å². The molecule has 3 aromatic rings. The molecule has 4 rings (SSSR count). The number of aromatic nitrogens is 1. The smallest absolute Gasteiger partial charge is 0.243 e. The second kappa shape index (κ2) is 13.3. The van der Waals surface area contributed by atoms with Gasteiger partial charge in [-0.05, 0) is 38.3 Å². The molecule has 1 aromatic heterocycles. The van der Waals surface area contributed by atoms with Crippen LogP contribution in [0, 0.1) is 19.8 Å². The fraction of sp³-hybridized carbons (Fsp3) is 0.406. The lowest BCUT2D eigenvalue weighted by Crippen LogP contribution is -2.55. The van der Waals surface area contributed by atoms with Gasteiger partial charge in [-0.15, -0.1) is 11.3 Å². The van der Waals surface area contributed by atoms with E-state index < -0.39 is 35.4 Å². The summed E-state index contributed by atoms with van der Waals surface area (Å²) in [5.41, 5.74) is 1.67. The summed E-state index contributed by atoms with van der Waals surface area (Å²) >= 11 is 1.49. The normalized spacial score (nSPS) is 18.1. The Morgan fingerprint density at radius 1 is 0.902 bits per heavy atom. The van der Waals surface area contributed by atoms with Gasteiger partial charge in [0.25, 0.3) is 0 Å². The van der Waals surface area contributed by atoms with Gasteiger partial charge in [0.1, 0.15) is 17.4 Å². The molecule has 9 heteroatoms. The summed E-state index contributed by atoms with van der Waals surface area (Å²) in [7, 11) is 0. The number of amides is 2. The van der Waals surface area contributed by atoms with E-state index in [0.717, 1.165) is 26.7 Å². The SMILES string of the molecule is Cc1nc(C)c(CC(=O)C[C@@H](C)C(=O)N[C@@H](Cc2ccccc2)C(=O)N[C@@H](Cc2ccccc2)C(=O)[C@@]2(C)CO2)s1. The average Bonchev–Trinajstić information content (AvgIpc) is 3.62. The standard InChI is InChI=1S/C32H37N3O5S/c1-20(15-25(36)18-28-21(2)33-22(3)41-28)30(38)35-27(17-24-13-9-6-10-14-24)31(39)34-26(29(37)32(4)19-40-32)16-23-11-7-5-8-12-23/h5-14,20,26-27H,15-19H2,1-4H3,(H,34,39)(H,35,38)/t20-,26+,27+,32-/m1/s1. The number of thiazole rings is 1. The lowest BCUT2D eigenvalue weighted by molar-refractivity contribution is -0.134. The highest BCUT2D eigenvalue weighted by molar-refractivity contribution is 7.11. The van der Waals surface area contributed by atoms with Crippen molar-refractivity contribution in [3.05, 3.63) is 87.4 Å². The molecular weight excluding hydrogens is 538 g/mol. The van der Waals surface area contributed by atoms with Gasteiger partial charge in [0, 0.05) is 30.1 Å². The van der Waals surface area contributed by atoms with E-state index in [0.29, 0.717) is 13.0 Å². The Bertz CT molecular complexity index is 1380. The Balaban J connectivity index is 1.46. The quantitative estimate of drug-likeness (QED) is 0.283. The molecule has 216 valence electrons. The van der Waals surface area contributed by atoms with E-state index in [2.05, 4.69) is 15.6 Å². The fourth-order valence-corrected chi connectivity index (χ4v) is 5.71. The van der Waals surface area contributed by atoms with Gasteiger partial charge in [-0.3, -0.25) is 19.2 Å². The van der Waals surface area contributed by atoms with Crippen molar-refractivity contribution in [2.45, 2.75) is 71.1 Å². The van der Waals surface area contributed by atoms with Crippen molar-refractivity contribution in [3.63, 3.8) is 0 Å². The van der Waals surface area contributed by atoms with Crippen LogP contribution in [0.5, 0.6) is 0 Å². The summed E-state index contributed by atoms with van der Waals surface area (Å²) in [6.45, 7) is 7.48. The molecule has 41 heavy (non-hydrogen) atoms. The zero-order valence-corrected chi connectivity index (χ0v) is 24.8. The Morgan fingerprint density at radius 2 is 1.44 bits per heavy atom. The van der Waals surface area contributed by atoms with E-state index in [1.165, 1.54) is 11.3 Å². The van der Waals surface area contributed by atoms with E-state index in [1.807, 2.05) is 74.5 Å². The number of nitrogens with one attached hydrogen (secondary N) is 2. The number of Topliss-reactive ketones (excluding diaryl/α,β-unsaturated/α-hetero) is 2. The molecule has 0 saturated carbocycles. The summed E-state index contributed by atoms with van der Waals surface area (Å²) in [5.74, 6) is -1.75. The van der Waals surface area contributed by atoms with Crippen LogP contribution in [-0.4, -0.2) is 52.7 Å². The molecule has 0 spiro atoms. The molecule has 4 atom stereocenters. The van der Waals surface area contributed by atoms with E-state index in [1.54, 1.807) is 13.8 Å². The number of ether oxygens (including phenoxy) is 1. The molecule has 2 heterocycles. The highest BCUT2D eigenvalue weighted by Crippen LogP contribution is 2.29. The molecule has 0 aliphatic carbocycles. The van der Waals surface area contributed by atoms with Gasteiger partial charge in [-0.2, -0.15) is 0 Å². The van der Waals surface area contributed by atoms with Crippen LogP contribution in [0.15, 0.2) is 60.7 Å². The zero-order chi connectivity index (χ0) is 29.6. The number of ketones is 2. The van der Waals surface area contributed by atoms with Gasteiger partial charge < -0.3 is 15.4 Å². The summed E-state index contributed by atoms with van der Waals surface area (Å²) in [5, 5.41) is 6.66. The zero-order valence-electron chi connectivity index (χ0n) is 23.9. The molecule has 8 nitrogen and oxygen atoms in total. The number of carbonyl (C=O) groups excluding carboxylic acids is 4. The van der Waals surface area contributed by atoms with Crippen LogP contribution in [0.2, 0.25) is 0 Å². The molecule has 1 aliphatic heterocycles. The van der Waals surface area contributed by atoms with Crippen molar-refractivity contribution >= 4 is 34.7 Å². The Morgan fingerprint density at radius 3 is 1.95 bits per heavy atom. The van der Waals surface area contributed by atoms with Crippen molar-refractivity contribution in [2.75, 3.05) is 6.61 Å². The van der Waals surface area contributed by atoms with Gasteiger partial charge >= 0.3 is 0 Å². The van der Waals surface area contributed by atoms with Crippen molar-refractivity contribution in [1.29, 1.82) is 0 Å². The van der Waals surface area contributed by atoms with Crippen LogP contribution < -0.4 is 10.6 Å². The Labute approximate surface area is 244 Å². The maximum atomic E-state index is 13.7. The highest BCUT2D eigenvalue weighted by atomic mass is 32.1. The molecule has 2 amide bonds. The number of rotatable bonds is 14. The molecule has 0 radical (unpaired) electrons. The molecule has 2 N–H and O–H groups in total. The predicted molar refractivity (Wildman–Crippen MR) is 158 cm³/mol. The first-order valence-electron chi connectivity index (χ1n) is 13.9. The van der Waals surface area contributed by atoms with Gasteiger partial charge in [-0.25, -0.2) is 4.98 Å². The Kier molecular flexibility index (Phi) is 9.83. The van der Waals surface area contributed by atoms with Crippen molar-refractivity contribution in [1.82, 2.24) is 15.6 Å². The third-order valence-corrected chi connectivity index (χ3v) is 8.34. The third-order valence-electron chi connectivity index (χ3n) is 7.27. The monoisotopic (exact) mass is 575 g/mol. The van der Waals surface area contributed by atoms with Crippen molar-refractivity contribution in [3.8, 4) is 0 Å². The largest absolute Gasteiger partial charge is 0.361 e. The third kappa shape index (κ3) is 8.41. The number of epoxide rings is 1. The summed E-state index contributed by atoms with van der Waals surface area (Å²) in [4.78, 5) is 58.3. The second-order valence-electron chi connectivity index (χ2n) is 10.9. The van der Waals surface area contributed by atoms with Crippen LogP contribution in [0.1, 0.15) is 47.0 Å². The lowest BCUT2D eigenvalue weighted by Gasteiger charge is -2.25. The molecule has 1 fully saturated rings. The predicted octanol–water partition coefficient (Wildman–Crippen LogP) is 3.71. The van der Waals surface area contributed by atoms with Crippen LogP contribution in [-0.2, 0) is 43.2 Å². The van der Waals surface area contributed by atoms with Gasteiger partial charge in [0.05, 0.1) is 23.4 Å². The van der Waals surface area contributed by atoms with Crippen LogP contribution in [0.25, 0.3) is 0 Å². The lowest BCUT2D eigenvalue weighted by atomic mass is 9.94. The van der Waals surface area contributed by atoms with E-state index in [-0.39, 0.29) is 30.8 Å². The average molecular weight is 576 g/mol.